The van der Waals surface area contributed by atoms with Gasteiger partial charge in [-0.05, 0) is 24.6 Å². The number of morpholine rings is 1. The molecule has 0 unspecified atom stereocenters. The van der Waals surface area contributed by atoms with Crippen LogP contribution in [0.2, 0.25) is 15.1 Å². The van der Waals surface area contributed by atoms with Gasteiger partial charge in [-0.3, -0.25) is 4.90 Å². The minimum atomic E-state index is -0.234. The Kier molecular flexibility index (Phi) is 10.1. The van der Waals surface area contributed by atoms with Gasteiger partial charge in [0.1, 0.15) is 23.8 Å². The molecule has 198 valence electrons. The number of rotatable bonds is 11. The van der Waals surface area contributed by atoms with Crippen LogP contribution in [0.5, 0.6) is 17.4 Å². The van der Waals surface area contributed by atoms with E-state index in [9.17, 15) is 5.11 Å². The third-order valence-electron chi connectivity index (χ3n) is 6.01. The van der Waals surface area contributed by atoms with Gasteiger partial charge in [-0.25, -0.2) is 4.98 Å². The van der Waals surface area contributed by atoms with Crippen LogP contribution in [0, 0.1) is 0 Å². The van der Waals surface area contributed by atoms with Crippen LogP contribution < -0.4 is 14.2 Å². The fourth-order valence-corrected chi connectivity index (χ4v) is 4.83. The topological polar surface area (TPSA) is 73.3 Å². The van der Waals surface area contributed by atoms with Crippen LogP contribution in [0.1, 0.15) is 17.7 Å². The molecule has 1 saturated heterocycles. The molecule has 0 radical (unpaired) electrons. The number of halogens is 3. The second-order valence-electron chi connectivity index (χ2n) is 8.42. The molecule has 2 aromatic carbocycles. The van der Waals surface area contributed by atoms with Gasteiger partial charge < -0.3 is 24.1 Å². The Balaban J connectivity index is 1.45. The van der Waals surface area contributed by atoms with Crippen LogP contribution in [-0.2, 0) is 18.0 Å². The Hall–Kier alpha value is -2.26. The number of methoxy groups -OCH3 is 1. The first-order valence-electron chi connectivity index (χ1n) is 12.0. The third kappa shape index (κ3) is 6.99. The van der Waals surface area contributed by atoms with Crippen molar-refractivity contribution in [2.24, 2.45) is 0 Å². The molecule has 0 amide bonds. The van der Waals surface area contributed by atoms with Gasteiger partial charge in [0.2, 0.25) is 5.88 Å². The van der Waals surface area contributed by atoms with E-state index in [2.05, 4.69) is 9.88 Å². The van der Waals surface area contributed by atoms with Crippen molar-refractivity contribution in [3.05, 3.63) is 68.8 Å². The highest BCUT2D eigenvalue weighted by atomic mass is 35.5. The zero-order valence-electron chi connectivity index (χ0n) is 20.5. The molecule has 1 aliphatic rings. The summed E-state index contributed by atoms with van der Waals surface area (Å²) in [5.41, 5.74) is 2.42. The molecule has 0 bridgehead atoms. The predicted molar refractivity (Wildman–Crippen MR) is 145 cm³/mol. The van der Waals surface area contributed by atoms with Crippen molar-refractivity contribution < 1.29 is 24.1 Å². The summed E-state index contributed by atoms with van der Waals surface area (Å²) >= 11 is 19.8. The van der Waals surface area contributed by atoms with Crippen LogP contribution in [0.3, 0.4) is 0 Å². The molecule has 3 aromatic rings. The maximum atomic E-state index is 9.45. The summed E-state index contributed by atoms with van der Waals surface area (Å²) in [7, 11) is 1.48. The number of hydrogen-bond acceptors (Lipinski definition) is 7. The van der Waals surface area contributed by atoms with Gasteiger partial charge in [0.25, 0.3) is 0 Å². The lowest BCUT2D eigenvalue weighted by Gasteiger charge is -2.26. The first-order valence-corrected chi connectivity index (χ1v) is 13.1. The highest BCUT2D eigenvalue weighted by Crippen LogP contribution is 2.42. The molecule has 0 spiro atoms. The Bertz CT molecular complexity index is 1200. The highest BCUT2D eigenvalue weighted by Gasteiger charge is 2.17. The molecule has 0 atom stereocenters. The molecule has 4 rings (SSSR count). The number of aliphatic hydroxyl groups excluding tert-OH is 1. The lowest BCUT2D eigenvalue weighted by atomic mass is 10.0. The average molecular weight is 568 g/mol. The van der Waals surface area contributed by atoms with Crippen LogP contribution in [-0.4, -0.2) is 61.6 Å². The second-order valence-corrected chi connectivity index (χ2v) is 9.59. The van der Waals surface area contributed by atoms with E-state index in [0.717, 1.165) is 50.4 Å². The fraction of sp³-hybridized carbons (Fsp3) is 0.370. The van der Waals surface area contributed by atoms with Gasteiger partial charge in [0.15, 0.2) is 0 Å². The molecular weight excluding hydrogens is 539 g/mol. The highest BCUT2D eigenvalue weighted by molar-refractivity contribution is 6.38. The van der Waals surface area contributed by atoms with E-state index in [1.165, 1.54) is 7.11 Å². The summed E-state index contributed by atoms with van der Waals surface area (Å²) in [6.45, 7) is 4.82. The lowest BCUT2D eigenvalue weighted by molar-refractivity contribution is 0.0358. The Morgan fingerprint density at radius 2 is 1.62 bits per heavy atom. The van der Waals surface area contributed by atoms with Crippen LogP contribution in [0.4, 0.5) is 0 Å². The Morgan fingerprint density at radius 1 is 0.973 bits per heavy atom. The molecule has 1 fully saturated rings. The van der Waals surface area contributed by atoms with Crippen molar-refractivity contribution in [3.63, 3.8) is 0 Å². The van der Waals surface area contributed by atoms with Crippen molar-refractivity contribution in [2.75, 3.05) is 46.6 Å². The molecule has 1 N–H and O–H groups in total. The first kappa shape index (κ1) is 27.8. The smallest absolute Gasteiger partial charge is 0.219 e. The SMILES string of the molecule is COc1nc(COc2cccc(-c3cccc(OCCCN4CCOCC4)c3Cl)c2Cl)c(Cl)cc1CO. The van der Waals surface area contributed by atoms with Crippen molar-refractivity contribution in [3.8, 4) is 28.5 Å². The summed E-state index contributed by atoms with van der Waals surface area (Å²) in [4.78, 5) is 6.72. The maximum Gasteiger partial charge on any atom is 0.219 e. The minimum absolute atomic E-state index is 0.0596. The number of ether oxygens (including phenoxy) is 4. The van der Waals surface area contributed by atoms with Crippen molar-refractivity contribution in [2.45, 2.75) is 19.6 Å². The zero-order chi connectivity index (χ0) is 26.2. The summed E-state index contributed by atoms with van der Waals surface area (Å²) in [5.74, 6) is 1.35. The number of nitrogens with zero attached hydrogens (tertiary/aromatic N) is 2. The third-order valence-corrected chi connectivity index (χ3v) is 7.12. The van der Waals surface area contributed by atoms with Crippen LogP contribution in [0.15, 0.2) is 42.5 Å². The van der Waals surface area contributed by atoms with E-state index < -0.39 is 0 Å². The number of benzene rings is 2. The number of hydrogen-bond donors (Lipinski definition) is 1. The molecule has 0 aliphatic carbocycles. The molecule has 0 saturated carbocycles. The predicted octanol–water partition coefficient (Wildman–Crippen LogP) is 5.89. The molecule has 1 aromatic heterocycles. The van der Waals surface area contributed by atoms with Gasteiger partial charge in [-0.1, -0.05) is 59.1 Å². The molecule has 10 heteroatoms. The van der Waals surface area contributed by atoms with Gasteiger partial charge in [0.05, 0.1) is 48.6 Å². The van der Waals surface area contributed by atoms with E-state index in [1.807, 2.05) is 30.3 Å². The zero-order valence-corrected chi connectivity index (χ0v) is 22.8. The van der Waals surface area contributed by atoms with Crippen LogP contribution in [0.25, 0.3) is 11.1 Å². The molecule has 2 heterocycles. The van der Waals surface area contributed by atoms with E-state index in [-0.39, 0.29) is 13.2 Å². The standard InChI is InChI=1S/C27H29Cl3N2O5/c1-34-27-18(16-33)15-21(28)22(31-27)17-37-24-8-3-6-20(26(24)30)19-5-2-7-23(25(19)29)36-12-4-9-32-10-13-35-14-11-32/h2-3,5-8,15,33H,4,9-14,16-17H2,1H3. The number of pyridine rings is 1. The van der Waals surface area contributed by atoms with Gasteiger partial charge >= 0.3 is 0 Å². The Labute approximate surface area is 231 Å². The molecule has 1 aliphatic heterocycles. The Morgan fingerprint density at radius 3 is 2.24 bits per heavy atom. The first-order chi connectivity index (χ1) is 18.0. The summed E-state index contributed by atoms with van der Waals surface area (Å²) in [6, 6.07) is 12.7. The average Bonchev–Trinajstić information content (AvgIpc) is 2.92. The number of aliphatic hydroxyl groups is 1. The molecule has 37 heavy (non-hydrogen) atoms. The quantitative estimate of drug-likeness (QED) is 0.290. The van der Waals surface area contributed by atoms with Gasteiger partial charge in [-0.2, -0.15) is 0 Å². The molecular formula is C27H29Cl3N2O5. The summed E-state index contributed by atoms with van der Waals surface area (Å²) < 4.78 is 22.6. The largest absolute Gasteiger partial charge is 0.492 e. The molecule has 7 nitrogen and oxygen atoms in total. The number of aromatic nitrogens is 1. The summed E-state index contributed by atoms with van der Waals surface area (Å²) in [6.07, 6.45) is 0.894. The van der Waals surface area contributed by atoms with Crippen molar-refractivity contribution >= 4 is 34.8 Å². The summed E-state index contributed by atoms with van der Waals surface area (Å²) in [5, 5.41) is 10.7. The van der Waals surface area contributed by atoms with E-state index in [4.69, 9.17) is 53.8 Å². The van der Waals surface area contributed by atoms with Crippen molar-refractivity contribution in [1.29, 1.82) is 0 Å². The maximum absolute atomic E-state index is 9.45. The van der Waals surface area contributed by atoms with E-state index >= 15 is 0 Å². The lowest BCUT2D eigenvalue weighted by Crippen LogP contribution is -2.37. The van der Waals surface area contributed by atoms with E-state index in [0.29, 0.717) is 50.3 Å². The minimum Gasteiger partial charge on any atom is -0.492 e. The van der Waals surface area contributed by atoms with Crippen molar-refractivity contribution in [1.82, 2.24) is 9.88 Å². The van der Waals surface area contributed by atoms with Gasteiger partial charge in [-0.15, -0.1) is 0 Å². The second kappa shape index (κ2) is 13.5. The fourth-order valence-electron chi connectivity index (χ4n) is 4.04. The monoisotopic (exact) mass is 566 g/mol. The van der Waals surface area contributed by atoms with Gasteiger partial charge in [0, 0.05) is 36.3 Å². The van der Waals surface area contributed by atoms with Crippen LogP contribution >= 0.6 is 34.8 Å². The van der Waals surface area contributed by atoms with E-state index in [1.54, 1.807) is 12.1 Å². The normalized spacial score (nSPS) is 14.0.